The lowest BCUT2D eigenvalue weighted by molar-refractivity contribution is 0.198. The molecule has 0 amide bonds. The van der Waals surface area contributed by atoms with Gasteiger partial charge in [0.15, 0.2) is 0 Å². The molecule has 1 fully saturated rings. The third-order valence-corrected chi connectivity index (χ3v) is 5.72. The number of nitriles is 2. The van der Waals surface area contributed by atoms with Crippen LogP contribution in [0.1, 0.15) is 80.3 Å². The minimum Gasteiger partial charge on any atom is -0.493 e. The van der Waals surface area contributed by atoms with Crippen molar-refractivity contribution in [3.63, 3.8) is 0 Å². The maximum Gasteiger partial charge on any atom is 0.131 e. The second kappa shape index (κ2) is 10.6. The van der Waals surface area contributed by atoms with Crippen LogP contribution in [0.4, 0.5) is 0 Å². The van der Waals surface area contributed by atoms with Crippen LogP contribution in [0.3, 0.4) is 0 Å². The van der Waals surface area contributed by atoms with Crippen LogP contribution in [-0.2, 0) is 6.42 Å². The molecular weight excluding hydrogens is 360 g/mol. The van der Waals surface area contributed by atoms with Crippen LogP contribution in [0.2, 0.25) is 0 Å². The highest BCUT2D eigenvalue weighted by atomic mass is 16.5. The van der Waals surface area contributed by atoms with Crippen LogP contribution in [-0.4, -0.2) is 16.6 Å². The lowest BCUT2D eigenvalue weighted by Gasteiger charge is -2.27. The van der Waals surface area contributed by atoms with Gasteiger partial charge in [0.1, 0.15) is 23.7 Å². The quantitative estimate of drug-likeness (QED) is 0.573. The third kappa shape index (κ3) is 5.78. The molecule has 5 heteroatoms. The standard InChI is InChI=1S/C24H28N4O/c1-2-3-4-5-19-15-27-24(28-16-19)20-8-6-18(7-9-20)17-29-23-11-10-21(13-25)22(12-23)14-26/h10-12,15-16,18,20H,2-9,17H2,1H3. The molecule has 1 aliphatic rings. The van der Waals surface area contributed by atoms with Crippen molar-refractivity contribution in [3.05, 3.63) is 53.1 Å². The first-order chi connectivity index (χ1) is 14.2. The van der Waals surface area contributed by atoms with Crippen LogP contribution in [0.25, 0.3) is 0 Å². The summed E-state index contributed by atoms with van der Waals surface area (Å²) in [5, 5.41) is 18.1. The Hall–Kier alpha value is -2.92. The summed E-state index contributed by atoms with van der Waals surface area (Å²) in [5.74, 6) is 2.58. The molecule has 0 spiro atoms. The third-order valence-electron chi connectivity index (χ3n) is 5.72. The molecule has 0 bridgehead atoms. The van der Waals surface area contributed by atoms with Gasteiger partial charge in [0.25, 0.3) is 0 Å². The maximum absolute atomic E-state index is 9.13. The summed E-state index contributed by atoms with van der Waals surface area (Å²) in [6.07, 6.45) is 13.1. The number of hydrogen-bond donors (Lipinski definition) is 0. The van der Waals surface area contributed by atoms with E-state index in [-0.39, 0.29) is 0 Å². The summed E-state index contributed by atoms with van der Waals surface area (Å²) in [7, 11) is 0. The Bertz CT molecular complexity index is 871. The van der Waals surface area contributed by atoms with E-state index in [0.29, 0.717) is 35.3 Å². The zero-order valence-corrected chi connectivity index (χ0v) is 17.1. The molecule has 2 aromatic rings. The zero-order valence-electron chi connectivity index (χ0n) is 17.1. The van der Waals surface area contributed by atoms with Crippen molar-refractivity contribution in [1.29, 1.82) is 10.5 Å². The van der Waals surface area contributed by atoms with Gasteiger partial charge in [-0.15, -0.1) is 0 Å². The number of rotatable bonds is 8. The number of ether oxygens (including phenoxy) is 1. The molecule has 1 saturated carbocycles. The SMILES string of the molecule is CCCCCc1cnc(C2CCC(COc3ccc(C#N)c(C#N)c3)CC2)nc1. The molecule has 0 aliphatic heterocycles. The van der Waals surface area contributed by atoms with Crippen molar-refractivity contribution in [3.8, 4) is 17.9 Å². The molecule has 1 heterocycles. The first-order valence-electron chi connectivity index (χ1n) is 10.6. The molecule has 5 nitrogen and oxygen atoms in total. The molecule has 0 atom stereocenters. The average Bonchev–Trinajstić information content (AvgIpc) is 2.78. The average molecular weight is 389 g/mol. The van der Waals surface area contributed by atoms with E-state index >= 15 is 0 Å². The highest BCUT2D eigenvalue weighted by molar-refractivity contribution is 5.49. The molecule has 0 radical (unpaired) electrons. The lowest BCUT2D eigenvalue weighted by Crippen LogP contribution is -2.20. The van der Waals surface area contributed by atoms with Crippen LogP contribution in [0, 0.1) is 28.6 Å². The Morgan fingerprint density at radius 2 is 1.72 bits per heavy atom. The van der Waals surface area contributed by atoms with Gasteiger partial charge in [-0.25, -0.2) is 9.97 Å². The minimum atomic E-state index is 0.365. The molecule has 1 aliphatic carbocycles. The number of unbranched alkanes of at least 4 members (excludes halogenated alkanes) is 2. The van der Waals surface area contributed by atoms with E-state index in [0.717, 1.165) is 37.9 Å². The van der Waals surface area contributed by atoms with Gasteiger partial charge in [0.2, 0.25) is 0 Å². The van der Waals surface area contributed by atoms with Gasteiger partial charge in [-0.3, -0.25) is 0 Å². The highest BCUT2D eigenvalue weighted by Crippen LogP contribution is 2.34. The summed E-state index contributed by atoms with van der Waals surface area (Å²) >= 11 is 0. The maximum atomic E-state index is 9.13. The van der Waals surface area contributed by atoms with Crippen LogP contribution in [0.5, 0.6) is 5.75 Å². The van der Waals surface area contributed by atoms with E-state index in [4.69, 9.17) is 15.3 Å². The summed E-state index contributed by atoms with van der Waals surface area (Å²) in [5.41, 5.74) is 1.99. The van der Waals surface area contributed by atoms with Crippen molar-refractivity contribution in [2.24, 2.45) is 5.92 Å². The van der Waals surface area contributed by atoms with E-state index in [1.165, 1.54) is 24.8 Å². The molecule has 29 heavy (non-hydrogen) atoms. The van der Waals surface area contributed by atoms with E-state index in [2.05, 4.69) is 23.0 Å². The zero-order chi connectivity index (χ0) is 20.5. The molecule has 0 N–H and O–H groups in total. The van der Waals surface area contributed by atoms with Crippen molar-refractivity contribution in [2.75, 3.05) is 6.61 Å². The molecule has 0 saturated heterocycles. The molecule has 1 aromatic heterocycles. The van der Waals surface area contributed by atoms with Crippen molar-refractivity contribution in [2.45, 2.75) is 64.2 Å². The van der Waals surface area contributed by atoms with Crippen molar-refractivity contribution >= 4 is 0 Å². The van der Waals surface area contributed by atoms with E-state index in [9.17, 15) is 0 Å². The molecular formula is C24H28N4O. The van der Waals surface area contributed by atoms with E-state index in [1.807, 2.05) is 18.5 Å². The summed E-state index contributed by atoms with van der Waals surface area (Å²) in [4.78, 5) is 9.27. The fourth-order valence-electron chi connectivity index (χ4n) is 3.89. The smallest absolute Gasteiger partial charge is 0.131 e. The van der Waals surface area contributed by atoms with Gasteiger partial charge in [-0.1, -0.05) is 19.8 Å². The highest BCUT2D eigenvalue weighted by Gasteiger charge is 2.24. The Morgan fingerprint density at radius 1 is 1.00 bits per heavy atom. The Balaban J connectivity index is 1.46. The Labute approximate surface area is 173 Å². The molecule has 3 rings (SSSR count). The monoisotopic (exact) mass is 388 g/mol. The number of nitrogens with zero attached hydrogens (tertiary/aromatic N) is 4. The van der Waals surface area contributed by atoms with Gasteiger partial charge in [0.05, 0.1) is 17.7 Å². The van der Waals surface area contributed by atoms with Crippen molar-refractivity contribution < 1.29 is 4.74 Å². The Morgan fingerprint density at radius 3 is 2.38 bits per heavy atom. The van der Waals surface area contributed by atoms with E-state index in [1.54, 1.807) is 18.2 Å². The van der Waals surface area contributed by atoms with Crippen LogP contribution >= 0.6 is 0 Å². The van der Waals surface area contributed by atoms with Gasteiger partial charge < -0.3 is 4.74 Å². The van der Waals surface area contributed by atoms with Gasteiger partial charge in [-0.2, -0.15) is 10.5 Å². The molecule has 0 unspecified atom stereocenters. The predicted octanol–water partition coefficient (Wildman–Crippen LogP) is 5.31. The first-order valence-corrected chi connectivity index (χ1v) is 10.6. The lowest BCUT2D eigenvalue weighted by atomic mass is 9.82. The molecule has 1 aromatic carbocycles. The predicted molar refractivity (Wildman–Crippen MR) is 111 cm³/mol. The fraction of sp³-hybridized carbons (Fsp3) is 0.500. The van der Waals surface area contributed by atoms with Gasteiger partial charge in [-0.05, 0) is 68.2 Å². The van der Waals surface area contributed by atoms with Crippen LogP contribution < -0.4 is 4.74 Å². The molecule has 150 valence electrons. The fourth-order valence-corrected chi connectivity index (χ4v) is 3.89. The minimum absolute atomic E-state index is 0.365. The normalized spacial score (nSPS) is 18.6. The topological polar surface area (TPSA) is 82.6 Å². The first kappa shape index (κ1) is 20.8. The number of benzene rings is 1. The number of aromatic nitrogens is 2. The summed E-state index contributed by atoms with van der Waals surface area (Å²) in [6, 6.07) is 9.14. The second-order valence-electron chi connectivity index (χ2n) is 7.87. The summed E-state index contributed by atoms with van der Waals surface area (Å²) < 4.78 is 5.90. The largest absolute Gasteiger partial charge is 0.493 e. The van der Waals surface area contributed by atoms with Crippen molar-refractivity contribution in [1.82, 2.24) is 9.97 Å². The number of aryl methyl sites for hydroxylation is 1. The second-order valence-corrected chi connectivity index (χ2v) is 7.87. The van der Waals surface area contributed by atoms with E-state index < -0.39 is 0 Å². The number of hydrogen-bond acceptors (Lipinski definition) is 5. The van der Waals surface area contributed by atoms with Gasteiger partial charge >= 0.3 is 0 Å². The Kier molecular flexibility index (Phi) is 7.59. The van der Waals surface area contributed by atoms with Gasteiger partial charge in [0, 0.05) is 18.3 Å². The van der Waals surface area contributed by atoms with Crippen LogP contribution in [0.15, 0.2) is 30.6 Å². The summed E-state index contributed by atoms with van der Waals surface area (Å²) in [6.45, 7) is 2.86.